The maximum atomic E-state index is 11.1. The molecule has 0 aromatic heterocycles. The highest BCUT2D eigenvalue weighted by atomic mass is 16.6. The van der Waals surface area contributed by atoms with Crippen molar-refractivity contribution in [2.24, 2.45) is 4.99 Å². The molecule has 0 bridgehead atoms. The number of aryl methyl sites for hydroxylation is 1. The molecule has 2 aliphatic rings. The average Bonchev–Trinajstić information content (AvgIpc) is 2.80. The first-order valence-corrected chi connectivity index (χ1v) is 8.48. The molecule has 0 radical (unpaired) electrons. The summed E-state index contributed by atoms with van der Waals surface area (Å²) in [6, 6.07) is 11.5. The molecule has 1 atom stereocenters. The molecule has 2 aromatic carbocycles. The van der Waals surface area contributed by atoms with Crippen LogP contribution in [0.3, 0.4) is 0 Å². The number of hydrogen-bond acceptors (Lipinski definition) is 5. The van der Waals surface area contributed by atoms with Crippen LogP contribution in [0.5, 0.6) is 11.5 Å². The van der Waals surface area contributed by atoms with E-state index in [2.05, 4.69) is 31.8 Å². The average molecular weight is 338 g/mol. The summed E-state index contributed by atoms with van der Waals surface area (Å²) in [5, 5.41) is 12.3. The van der Waals surface area contributed by atoms with Gasteiger partial charge in [-0.1, -0.05) is 19.1 Å². The number of hydrogen-bond donors (Lipinski definition) is 1. The van der Waals surface area contributed by atoms with Crippen molar-refractivity contribution in [3.63, 3.8) is 0 Å². The van der Waals surface area contributed by atoms with Crippen molar-refractivity contribution in [2.75, 3.05) is 12.2 Å². The lowest BCUT2D eigenvalue weighted by molar-refractivity contribution is 0.00529. The number of hydroxylamine groups is 1. The number of rotatable bonds is 2. The van der Waals surface area contributed by atoms with Gasteiger partial charge in [0.2, 0.25) is 0 Å². The largest absolute Gasteiger partial charge is 0.497 e. The van der Waals surface area contributed by atoms with Gasteiger partial charge in [-0.15, -0.1) is 0 Å². The van der Waals surface area contributed by atoms with Crippen molar-refractivity contribution in [1.82, 2.24) is 0 Å². The van der Waals surface area contributed by atoms with E-state index in [0.717, 1.165) is 23.4 Å². The van der Waals surface area contributed by atoms with Gasteiger partial charge in [0.05, 0.1) is 24.4 Å². The summed E-state index contributed by atoms with van der Waals surface area (Å²) in [5.74, 6) is 1.29. The van der Waals surface area contributed by atoms with Crippen molar-refractivity contribution in [3.05, 3.63) is 47.5 Å². The summed E-state index contributed by atoms with van der Waals surface area (Å²) >= 11 is 0. The molecule has 5 heteroatoms. The summed E-state index contributed by atoms with van der Waals surface area (Å²) in [7, 11) is 1.62. The number of anilines is 1. The zero-order valence-corrected chi connectivity index (χ0v) is 14.9. The highest BCUT2D eigenvalue weighted by Crippen LogP contribution is 2.54. The summed E-state index contributed by atoms with van der Waals surface area (Å²) < 4.78 is 11.7. The molecule has 25 heavy (non-hydrogen) atoms. The predicted octanol–water partition coefficient (Wildman–Crippen LogP) is 4.24. The van der Waals surface area contributed by atoms with Gasteiger partial charge in [0.25, 0.3) is 5.72 Å². The third-order valence-corrected chi connectivity index (χ3v) is 5.38. The Balaban J connectivity index is 1.89. The van der Waals surface area contributed by atoms with E-state index in [9.17, 15) is 5.21 Å². The Hall–Kier alpha value is -2.53. The Morgan fingerprint density at radius 1 is 1.24 bits per heavy atom. The van der Waals surface area contributed by atoms with Crippen LogP contribution in [0.2, 0.25) is 0 Å². The third kappa shape index (κ3) is 1.96. The third-order valence-electron chi connectivity index (χ3n) is 5.38. The van der Waals surface area contributed by atoms with Gasteiger partial charge >= 0.3 is 0 Å². The van der Waals surface area contributed by atoms with Crippen LogP contribution in [0, 0.1) is 0 Å². The smallest absolute Gasteiger partial charge is 0.250 e. The first-order valence-electron chi connectivity index (χ1n) is 8.48. The van der Waals surface area contributed by atoms with E-state index >= 15 is 0 Å². The van der Waals surface area contributed by atoms with Gasteiger partial charge in [0.15, 0.2) is 5.75 Å². The Labute approximate surface area is 147 Å². The maximum Gasteiger partial charge on any atom is 0.250 e. The fourth-order valence-corrected chi connectivity index (χ4v) is 3.95. The predicted molar refractivity (Wildman–Crippen MR) is 97.6 cm³/mol. The number of nitrogens with zero attached hydrogens (tertiary/aromatic N) is 2. The lowest BCUT2D eigenvalue weighted by Gasteiger charge is -2.43. The maximum absolute atomic E-state index is 11.1. The number of ether oxygens (including phenoxy) is 2. The molecule has 0 saturated carbocycles. The zero-order chi connectivity index (χ0) is 17.8. The standard InChI is InChI=1S/C20H22N2O3/c1-5-13-7-6-8-16-18(13)19(2,3)20(22(16)23)12-21-15-10-9-14(24-4)11-17(15)25-20/h6-12,23H,5H2,1-4H3. The molecule has 2 heterocycles. The molecule has 0 saturated heterocycles. The van der Waals surface area contributed by atoms with Crippen LogP contribution in [-0.2, 0) is 11.8 Å². The summed E-state index contributed by atoms with van der Waals surface area (Å²) in [5.41, 5.74) is 2.20. The van der Waals surface area contributed by atoms with Crippen LogP contribution in [0.1, 0.15) is 31.9 Å². The van der Waals surface area contributed by atoms with E-state index in [1.807, 2.05) is 24.3 Å². The first-order chi connectivity index (χ1) is 11.9. The van der Waals surface area contributed by atoms with Crippen LogP contribution >= 0.6 is 0 Å². The van der Waals surface area contributed by atoms with Crippen molar-refractivity contribution in [2.45, 2.75) is 38.3 Å². The van der Waals surface area contributed by atoms with Gasteiger partial charge in [-0.05, 0) is 49.6 Å². The Morgan fingerprint density at radius 2 is 2.04 bits per heavy atom. The van der Waals surface area contributed by atoms with Crippen LogP contribution < -0.4 is 14.5 Å². The molecule has 130 valence electrons. The van der Waals surface area contributed by atoms with Crippen molar-refractivity contribution < 1.29 is 14.7 Å². The molecule has 0 fully saturated rings. The highest BCUT2D eigenvalue weighted by molar-refractivity contribution is 5.87. The van der Waals surface area contributed by atoms with E-state index in [1.54, 1.807) is 19.4 Å². The molecule has 1 spiro atoms. The first kappa shape index (κ1) is 16.0. The SMILES string of the molecule is CCc1cccc2c1C(C)(C)C1(C=Nc3ccc(OC)cc3O1)N2O. The summed E-state index contributed by atoms with van der Waals surface area (Å²) in [6.45, 7) is 6.28. The van der Waals surface area contributed by atoms with E-state index in [-0.39, 0.29) is 0 Å². The van der Waals surface area contributed by atoms with Crippen LogP contribution in [-0.4, -0.2) is 24.3 Å². The van der Waals surface area contributed by atoms with Gasteiger partial charge < -0.3 is 9.47 Å². The van der Waals surface area contributed by atoms with Crippen LogP contribution in [0.4, 0.5) is 11.4 Å². The topological polar surface area (TPSA) is 54.3 Å². The molecule has 2 aromatic rings. The quantitative estimate of drug-likeness (QED) is 0.890. The summed E-state index contributed by atoms with van der Waals surface area (Å²) in [6.07, 6.45) is 2.60. The molecule has 1 unspecified atom stereocenters. The molecule has 0 aliphatic carbocycles. The number of methoxy groups -OCH3 is 1. The second-order valence-electron chi connectivity index (χ2n) is 6.99. The van der Waals surface area contributed by atoms with Gasteiger partial charge in [-0.3, -0.25) is 10.2 Å². The normalized spacial score (nSPS) is 22.5. The molecule has 4 rings (SSSR count). The molecule has 0 amide bonds. The van der Waals surface area contributed by atoms with Gasteiger partial charge in [-0.25, -0.2) is 5.06 Å². The minimum Gasteiger partial charge on any atom is -0.497 e. The zero-order valence-electron chi connectivity index (χ0n) is 14.9. The van der Waals surface area contributed by atoms with Crippen molar-refractivity contribution in [1.29, 1.82) is 0 Å². The second-order valence-corrected chi connectivity index (χ2v) is 6.99. The lowest BCUT2D eigenvalue weighted by Crippen LogP contribution is -2.61. The van der Waals surface area contributed by atoms with Gasteiger partial charge in [-0.2, -0.15) is 0 Å². The number of aliphatic imine (C=N–C) groups is 1. The van der Waals surface area contributed by atoms with Crippen molar-refractivity contribution in [3.8, 4) is 11.5 Å². The molecule has 1 N–H and O–H groups in total. The minimum atomic E-state index is -1.10. The molecule has 5 nitrogen and oxygen atoms in total. The van der Waals surface area contributed by atoms with Crippen molar-refractivity contribution >= 4 is 17.6 Å². The Morgan fingerprint density at radius 3 is 2.76 bits per heavy atom. The van der Waals surface area contributed by atoms with E-state index in [4.69, 9.17) is 9.47 Å². The highest BCUT2D eigenvalue weighted by Gasteiger charge is 2.60. The van der Waals surface area contributed by atoms with Gasteiger partial charge in [0, 0.05) is 6.07 Å². The molecular weight excluding hydrogens is 316 g/mol. The second kappa shape index (κ2) is 5.23. The monoisotopic (exact) mass is 338 g/mol. The fourth-order valence-electron chi connectivity index (χ4n) is 3.95. The van der Waals surface area contributed by atoms with E-state index in [1.165, 1.54) is 10.6 Å². The van der Waals surface area contributed by atoms with Crippen LogP contribution in [0.25, 0.3) is 0 Å². The van der Waals surface area contributed by atoms with E-state index in [0.29, 0.717) is 11.5 Å². The van der Waals surface area contributed by atoms with Gasteiger partial charge in [0.1, 0.15) is 11.4 Å². The number of benzene rings is 2. The minimum absolute atomic E-state index is 0.492. The Kier molecular flexibility index (Phi) is 3.34. The van der Waals surface area contributed by atoms with E-state index < -0.39 is 11.1 Å². The Bertz CT molecular complexity index is 875. The summed E-state index contributed by atoms with van der Waals surface area (Å²) in [4.78, 5) is 4.58. The molecular formula is C20H22N2O3. The lowest BCUT2D eigenvalue weighted by atomic mass is 9.75. The van der Waals surface area contributed by atoms with Crippen LogP contribution in [0.15, 0.2) is 41.4 Å². The molecule has 2 aliphatic heterocycles. The number of fused-ring (bicyclic) bond motifs is 2. The fraction of sp³-hybridized carbons (Fsp3) is 0.350.